The molecule has 4 N–H and O–H groups in total. The van der Waals surface area contributed by atoms with Gasteiger partial charge in [0.15, 0.2) is 0 Å². The van der Waals surface area contributed by atoms with Gasteiger partial charge in [0.2, 0.25) is 11.9 Å². The molecule has 94 valence electrons. The van der Waals surface area contributed by atoms with E-state index in [1.807, 2.05) is 31.2 Å². The summed E-state index contributed by atoms with van der Waals surface area (Å²) < 4.78 is 4.96. The molecule has 7 nitrogen and oxygen atoms in total. The molecule has 2 aromatic rings. The maximum Gasteiger partial charge on any atom is 0.322 e. The van der Waals surface area contributed by atoms with Gasteiger partial charge in [-0.1, -0.05) is 12.1 Å². The molecule has 1 heterocycles. The summed E-state index contributed by atoms with van der Waals surface area (Å²) in [6.07, 6.45) is 0. The van der Waals surface area contributed by atoms with Crippen LogP contribution in [0.15, 0.2) is 24.3 Å². The van der Waals surface area contributed by atoms with Crippen molar-refractivity contribution in [3.05, 3.63) is 29.8 Å². The van der Waals surface area contributed by atoms with Gasteiger partial charge in [0.1, 0.15) is 0 Å². The third-order valence-corrected chi connectivity index (χ3v) is 2.20. The van der Waals surface area contributed by atoms with Gasteiger partial charge >= 0.3 is 6.01 Å². The molecular weight excluding hydrogens is 232 g/mol. The Morgan fingerprint density at radius 3 is 2.61 bits per heavy atom. The monoisotopic (exact) mass is 246 g/mol. The third-order valence-electron chi connectivity index (χ3n) is 2.20. The van der Waals surface area contributed by atoms with Crippen molar-refractivity contribution < 1.29 is 4.74 Å². The molecular formula is C11H14N6O. The Kier molecular flexibility index (Phi) is 3.54. The van der Waals surface area contributed by atoms with Crippen molar-refractivity contribution >= 4 is 17.6 Å². The Labute approximate surface area is 104 Å². The van der Waals surface area contributed by atoms with Crippen LogP contribution in [-0.2, 0) is 0 Å². The van der Waals surface area contributed by atoms with E-state index in [-0.39, 0.29) is 12.0 Å². The minimum Gasteiger partial charge on any atom is -0.467 e. The highest BCUT2D eigenvalue weighted by Gasteiger charge is 2.06. The standard InChI is InChI=1S/C11H14N6O/c1-7-4-3-5-8(6-7)13-9-14-10(17-12)16-11(15-9)18-2/h3-6H,12H2,1-2H3,(H2,13,14,15,16,17). The number of anilines is 3. The van der Waals surface area contributed by atoms with Crippen molar-refractivity contribution in [2.45, 2.75) is 6.92 Å². The van der Waals surface area contributed by atoms with Crippen LogP contribution in [-0.4, -0.2) is 22.1 Å². The van der Waals surface area contributed by atoms with E-state index in [2.05, 4.69) is 25.7 Å². The summed E-state index contributed by atoms with van der Waals surface area (Å²) in [4.78, 5) is 12.1. The topological polar surface area (TPSA) is 98.0 Å². The number of hydrazine groups is 1. The van der Waals surface area contributed by atoms with E-state index >= 15 is 0 Å². The second-order valence-corrected chi connectivity index (χ2v) is 3.61. The number of nitrogens with one attached hydrogen (secondary N) is 2. The number of rotatable bonds is 4. The first-order chi connectivity index (χ1) is 8.71. The quantitative estimate of drug-likeness (QED) is 0.551. The van der Waals surface area contributed by atoms with Crippen LogP contribution in [0.3, 0.4) is 0 Å². The highest BCUT2D eigenvalue weighted by Crippen LogP contribution is 2.16. The molecule has 0 radical (unpaired) electrons. The third kappa shape index (κ3) is 2.83. The Hall–Kier alpha value is -2.41. The SMILES string of the molecule is COc1nc(NN)nc(Nc2cccc(C)c2)n1. The highest BCUT2D eigenvalue weighted by atomic mass is 16.5. The molecule has 0 unspecified atom stereocenters. The number of hydrogen-bond donors (Lipinski definition) is 3. The normalized spacial score (nSPS) is 9.94. The lowest BCUT2D eigenvalue weighted by Crippen LogP contribution is -2.13. The molecule has 0 aliphatic carbocycles. The molecule has 0 atom stereocenters. The summed E-state index contributed by atoms with van der Waals surface area (Å²) in [5.41, 5.74) is 4.37. The van der Waals surface area contributed by atoms with Gasteiger partial charge in [0, 0.05) is 5.69 Å². The van der Waals surface area contributed by atoms with Crippen molar-refractivity contribution in [2.24, 2.45) is 5.84 Å². The fraction of sp³-hybridized carbons (Fsp3) is 0.182. The van der Waals surface area contributed by atoms with Gasteiger partial charge in [-0.25, -0.2) is 5.84 Å². The van der Waals surface area contributed by atoms with E-state index in [1.165, 1.54) is 7.11 Å². The molecule has 0 spiro atoms. The van der Waals surface area contributed by atoms with Crippen LogP contribution in [0.5, 0.6) is 6.01 Å². The Morgan fingerprint density at radius 2 is 1.94 bits per heavy atom. The zero-order valence-electron chi connectivity index (χ0n) is 10.1. The van der Waals surface area contributed by atoms with Crippen LogP contribution in [0.1, 0.15) is 5.56 Å². The molecule has 7 heteroatoms. The molecule has 0 fully saturated rings. The van der Waals surface area contributed by atoms with Crippen LogP contribution < -0.4 is 21.3 Å². The predicted octanol–water partition coefficient (Wildman–Crippen LogP) is 1.22. The Morgan fingerprint density at radius 1 is 1.17 bits per heavy atom. The lowest BCUT2D eigenvalue weighted by molar-refractivity contribution is 0.379. The number of ether oxygens (including phenoxy) is 1. The predicted molar refractivity (Wildman–Crippen MR) is 68.7 cm³/mol. The molecule has 0 saturated carbocycles. The smallest absolute Gasteiger partial charge is 0.322 e. The van der Waals surface area contributed by atoms with E-state index in [9.17, 15) is 0 Å². The first kappa shape index (κ1) is 12.1. The first-order valence-electron chi connectivity index (χ1n) is 5.31. The molecule has 0 aliphatic heterocycles. The lowest BCUT2D eigenvalue weighted by atomic mass is 10.2. The van der Waals surface area contributed by atoms with E-state index in [0.717, 1.165) is 11.3 Å². The molecule has 0 bridgehead atoms. The summed E-state index contributed by atoms with van der Waals surface area (Å²) in [6, 6.07) is 8.03. The fourth-order valence-corrected chi connectivity index (χ4v) is 1.42. The average Bonchev–Trinajstić information content (AvgIpc) is 2.38. The summed E-state index contributed by atoms with van der Waals surface area (Å²) in [5, 5.41) is 3.06. The zero-order chi connectivity index (χ0) is 13.0. The maximum absolute atomic E-state index is 5.27. The number of nitrogen functional groups attached to an aromatic ring is 1. The highest BCUT2D eigenvalue weighted by molar-refractivity contribution is 5.55. The molecule has 0 amide bonds. The van der Waals surface area contributed by atoms with Crippen molar-refractivity contribution in [3.63, 3.8) is 0 Å². The summed E-state index contributed by atoms with van der Waals surface area (Å²) in [7, 11) is 1.48. The zero-order valence-corrected chi connectivity index (χ0v) is 10.1. The van der Waals surface area contributed by atoms with Gasteiger partial charge < -0.3 is 10.1 Å². The number of nitrogens with zero attached hydrogens (tertiary/aromatic N) is 3. The number of benzene rings is 1. The van der Waals surface area contributed by atoms with Gasteiger partial charge in [0.05, 0.1) is 7.11 Å². The van der Waals surface area contributed by atoms with Crippen LogP contribution >= 0.6 is 0 Å². The van der Waals surface area contributed by atoms with Crippen molar-refractivity contribution in [1.29, 1.82) is 0 Å². The van der Waals surface area contributed by atoms with Gasteiger partial charge in [-0.2, -0.15) is 15.0 Å². The van der Waals surface area contributed by atoms with E-state index in [0.29, 0.717) is 5.95 Å². The minimum atomic E-state index is 0.188. The largest absolute Gasteiger partial charge is 0.467 e. The maximum atomic E-state index is 5.27. The van der Waals surface area contributed by atoms with Gasteiger partial charge in [-0.05, 0) is 24.6 Å². The number of methoxy groups -OCH3 is 1. The van der Waals surface area contributed by atoms with Crippen LogP contribution in [0, 0.1) is 6.92 Å². The Balaban J connectivity index is 2.28. The number of nitrogens with two attached hydrogens (primary N) is 1. The van der Waals surface area contributed by atoms with Gasteiger partial charge in [-0.15, -0.1) is 0 Å². The summed E-state index contributed by atoms with van der Waals surface area (Å²) in [5.74, 6) is 5.87. The lowest BCUT2D eigenvalue weighted by Gasteiger charge is -2.08. The number of hydrogen-bond acceptors (Lipinski definition) is 7. The molecule has 18 heavy (non-hydrogen) atoms. The summed E-state index contributed by atoms with van der Waals surface area (Å²) in [6.45, 7) is 2.01. The molecule has 1 aromatic heterocycles. The second kappa shape index (κ2) is 5.28. The average molecular weight is 246 g/mol. The molecule has 2 rings (SSSR count). The first-order valence-corrected chi connectivity index (χ1v) is 5.31. The number of aromatic nitrogens is 3. The molecule has 1 aromatic carbocycles. The minimum absolute atomic E-state index is 0.188. The van der Waals surface area contributed by atoms with E-state index in [4.69, 9.17) is 10.6 Å². The van der Waals surface area contributed by atoms with Crippen molar-refractivity contribution in [3.8, 4) is 6.01 Å². The molecule has 0 aliphatic rings. The van der Waals surface area contributed by atoms with Gasteiger partial charge in [0.25, 0.3) is 0 Å². The summed E-state index contributed by atoms with van der Waals surface area (Å²) >= 11 is 0. The second-order valence-electron chi connectivity index (χ2n) is 3.61. The molecule has 0 saturated heterocycles. The van der Waals surface area contributed by atoms with E-state index in [1.54, 1.807) is 0 Å². The van der Waals surface area contributed by atoms with E-state index < -0.39 is 0 Å². The van der Waals surface area contributed by atoms with Crippen LogP contribution in [0.4, 0.5) is 17.6 Å². The van der Waals surface area contributed by atoms with Crippen LogP contribution in [0.25, 0.3) is 0 Å². The van der Waals surface area contributed by atoms with Gasteiger partial charge in [-0.3, -0.25) is 5.43 Å². The van der Waals surface area contributed by atoms with Crippen LogP contribution in [0.2, 0.25) is 0 Å². The Bertz CT molecular complexity index is 523. The number of aryl methyl sites for hydroxylation is 1. The fourth-order valence-electron chi connectivity index (χ4n) is 1.42. The van der Waals surface area contributed by atoms with Crippen molar-refractivity contribution in [2.75, 3.05) is 17.9 Å². The van der Waals surface area contributed by atoms with Crippen molar-refractivity contribution in [1.82, 2.24) is 15.0 Å².